The van der Waals surface area contributed by atoms with Gasteiger partial charge in [0.05, 0.1) is 0 Å². The quantitative estimate of drug-likeness (QED) is 0.193. The molecule has 0 radical (unpaired) electrons. The van der Waals surface area contributed by atoms with Gasteiger partial charge in [0.15, 0.2) is 0 Å². The number of anilines is 3. The monoisotopic (exact) mass is 578 g/mol. The Morgan fingerprint density at radius 2 is 1.11 bits per heavy atom. The Balaban J connectivity index is 1.19. The summed E-state index contributed by atoms with van der Waals surface area (Å²) in [6.07, 6.45) is 0. The number of benzene rings is 7. The van der Waals surface area contributed by atoms with Crippen LogP contribution in [0.1, 0.15) is 0 Å². The van der Waals surface area contributed by atoms with Crippen molar-refractivity contribution in [1.82, 2.24) is 4.98 Å². The molecule has 2 heterocycles. The first kappa shape index (κ1) is 25.0. The molecule has 9 aromatic rings. The van der Waals surface area contributed by atoms with Crippen LogP contribution in [0.25, 0.3) is 63.7 Å². The Kier molecular flexibility index (Phi) is 5.71. The first-order valence-corrected chi connectivity index (χ1v) is 15.7. The summed E-state index contributed by atoms with van der Waals surface area (Å²) in [6, 6.07) is 56.7. The van der Waals surface area contributed by atoms with Gasteiger partial charge in [-0.2, -0.15) is 0 Å². The third-order valence-electron chi connectivity index (χ3n) is 8.66. The van der Waals surface area contributed by atoms with Crippen LogP contribution in [0.3, 0.4) is 0 Å². The zero-order valence-electron chi connectivity index (χ0n) is 23.8. The number of hydrogen-bond donors (Lipinski definition) is 0. The lowest BCUT2D eigenvalue weighted by molar-refractivity contribution is 1.21. The molecule has 0 amide bonds. The average molecular weight is 579 g/mol. The fraction of sp³-hybridized carbons (Fsp3) is 0. The van der Waals surface area contributed by atoms with E-state index in [1.165, 1.54) is 58.9 Å². The number of rotatable bonds is 4. The van der Waals surface area contributed by atoms with Crippen LogP contribution in [0.15, 0.2) is 158 Å². The zero-order valence-corrected chi connectivity index (χ0v) is 24.6. The van der Waals surface area contributed by atoms with E-state index in [-0.39, 0.29) is 0 Å². The molecule has 7 aromatic carbocycles. The molecule has 0 spiro atoms. The fourth-order valence-corrected chi connectivity index (χ4v) is 7.69. The molecule has 206 valence electrons. The van der Waals surface area contributed by atoms with Crippen molar-refractivity contribution in [3.63, 3.8) is 0 Å². The van der Waals surface area contributed by atoms with Crippen LogP contribution in [-0.2, 0) is 0 Å². The van der Waals surface area contributed by atoms with Crippen LogP contribution in [0.5, 0.6) is 0 Å². The maximum absolute atomic E-state index is 5.19. The summed E-state index contributed by atoms with van der Waals surface area (Å²) >= 11 is 1.75. The van der Waals surface area contributed by atoms with E-state index in [9.17, 15) is 0 Å². The minimum absolute atomic E-state index is 0.908. The van der Waals surface area contributed by atoms with Crippen molar-refractivity contribution in [1.29, 1.82) is 0 Å². The number of nitrogens with zero attached hydrogens (tertiary/aromatic N) is 2. The number of aromatic nitrogens is 1. The van der Waals surface area contributed by atoms with Crippen molar-refractivity contribution in [3.8, 4) is 11.1 Å². The van der Waals surface area contributed by atoms with Gasteiger partial charge in [0, 0.05) is 26.8 Å². The molecular weight excluding hydrogens is 553 g/mol. The second kappa shape index (κ2) is 10.0. The minimum atomic E-state index is 0.908. The second-order valence-corrected chi connectivity index (χ2v) is 12.2. The van der Waals surface area contributed by atoms with Crippen LogP contribution in [0.4, 0.5) is 17.2 Å². The Morgan fingerprint density at radius 3 is 1.95 bits per heavy atom. The van der Waals surface area contributed by atoms with E-state index in [4.69, 9.17) is 4.98 Å². The van der Waals surface area contributed by atoms with E-state index in [1.54, 1.807) is 11.3 Å². The molecule has 0 aliphatic heterocycles. The average Bonchev–Trinajstić information content (AvgIpc) is 3.47. The molecule has 3 heteroatoms. The van der Waals surface area contributed by atoms with Crippen LogP contribution in [0, 0.1) is 0 Å². The van der Waals surface area contributed by atoms with E-state index in [1.807, 2.05) is 0 Å². The molecule has 0 bridgehead atoms. The van der Waals surface area contributed by atoms with E-state index in [0.717, 1.165) is 22.0 Å². The molecule has 0 saturated heterocycles. The van der Waals surface area contributed by atoms with E-state index in [2.05, 4.69) is 163 Å². The Morgan fingerprint density at radius 1 is 0.455 bits per heavy atom. The lowest BCUT2D eigenvalue weighted by Gasteiger charge is -2.24. The summed E-state index contributed by atoms with van der Waals surface area (Å²) in [7, 11) is 0. The van der Waals surface area contributed by atoms with Crippen molar-refractivity contribution in [2.45, 2.75) is 0 Å². The number of para-hydroxylation sites is 1. The fourth-order valence-electron chi connectivity index (χ4n) is 6.62. The molecule has 0 saturated carbocycles. The highest BCUT2D eigenvalue weighted by Gasteiger charge is 2.17. The van der Waals surface area contributed by atoms with E-state index in [0.29, 0.717) is 0 Å². The second-order valence-electron chi connectivity index (χ2n) is 11.2. The van der Waals surface area contributed by atoms with Crippen LogP contribution in [0.2, 0.25) is 0 Å². The Labute approximate surface area is 259 Å². The summed E-state index contributed by atoms with van der Waals surface area (Å²) in [5, 5.41) is 10.2. The molecule has 0 fully saturated rings. The maximum atomic E-state index is 5.19. The van der Waals surface area contributed by atoms with Crippen molar-refractivity contribution < 1.29 is 0 Å². The van der Waals surface area contributed by atoms with E-state index >= 15 is 0 Å². The van der Waals surface area contributed by atoms with Crippen molar-refractivity contribution in [3.05, 3.63) is 158 Å². The highest BCUT2D eigenvalue weighted by atomic mass is 32.1. The first-order valence-electron chi connectivity index (χ1n) is 14.9. The standard InChI is InChI=1S/C41H26N2S/c1-2-11-30(12-3-1)43(39-25-24-36-34-15-8-9-17-38(34)44-41(36)42-39)31-22-20-28(21-23-31)37-26-29-19-18-27-10-4-5-13-32(27)40(29)35-16-7-6-14-33(35)37/h1-26H. The third kappa shape index (κ3) is 3.98. The van der Waals surface area contributed by atoms with E-state index < -0.39 is 0 Å². The molecule has 0 N–H and O–H groups in total. The van der Waals surface area contributed by atoms with Crippen molar-refractivity contribution >= 4 is 81.1 Å². The SMILES string of the molecule is c1ccc(N(c2ccc(-c3cc4ccc5ccccc5c4c4ccccc34)cc2)c2ccc3c(n2)sc2ccccc23)cc1. The molecule has 0 aliphatic rings. The summed E-state index contributed by atoms with van der Waals surface area (Å²) in [5.41, 5.74) is 4.59. The summed E-state index contributed by atoms with van der Waals surface area (Å²) in [5.74, 6) is 0.908. The lowest BCUT2D eigenvalue weighted by atomic mass is 9.91. The maximum Gasteiger partial charge on any atom is 0.139 e. The Hall–Kier alpha value is -5.51. The van der Waals surface area contributed by atoms with Crippen LogP contribution >= 0.6 is 11.3 Å². The van der Waals surface area contributed by atoms with Crippen LogP contribution < -0.4 is 4.90 Å². The zero-order chi connectivity index (χ0) is 29.0. The van der Waals surface area contributed by atoms with Gasteiger partial charge in [0.25, 0.3) is 0 Å². The molecule has 2 nitrogen and oxygen atoms in total. The largest absolute Gasteiger partial charge is 0.295 e. The molecule has 0 atom stereocenters. The highest BCUT2D eigenvalue weighted by molar-refractivity contribution is 7.25. The summed E-state index contributed by atoms with van der Waals surface area (Å²) < 4.78 is 1.26. The predicted molar refractivity (Wildman–Crippen MR) is 190 cm³/mol. The predicted octanol–water partition coefficient (Wildman–Crippen LogP) is 12.0. The van der Waals surface area contributed by atoms with Gasteiger partial charge in [0.1, 0.15) is 10.6 Å². The normalized spacial score (nSPS) is 11.6. The summed E-state index contributed by atoms with van der Waals surface area (Å²) in [6.45, 7) is 0. The van der Waals surface area contributed by atoms with Gasteiger partial charge in [-0.25, -0.2) is 4.98 Å². The van der Waals surface area contributed by atoms with Gasteiger partial charge >= 0.3 is 0 Å². The summed E-state index contributed by atoms with van der Waals surface area (Å²) in [4.78, 5) is 8.49. The molecule has 0 aliphatic carbocycles. The number of pyridine rings is 1. The molecule has 44 heavy (non-hydrogen) atoms. The van der Waals surface area contributed by atoms with Gasteiger partial charge in [-0.3, -0.25) is 4.90 Å². The number of fused-ring (bicyclic) bond motifs is 8. The number of hydrogen-bond acceptors (Lipinski definition) is 3. The first-order chi connectivity index (χ1) is 21.8. The van der Waals surface area contributed by atoms with Gasteiger partial charge in [0.2, 0.25) is 0 Å². The number of thiophene rings is 1. The third-order valence-corrected chi connectivity index (χ3v) is 9.74. The minimum Gasteiger partial charge on any atom is -0.295 e. The van der Waals surface area contributed by atoms with Gasteiger partial charge in [-0.05, 0) is 92.0 Å². The van der Waals surface area contributed by atoms with Crippen molar-refractivity contribution in [2.24, 2.45) is 0 Å². The highest BCUT2D eigenvalue weighted by Crippen LogP contribution is 2.41. The smallest absolute Gasteiger partial charge is 0.139 e. The van der Waals surface area contributed by atoms with Gasteiger partial charge in [-0.15, -0.1) is 11.3 Å². The Bertz CT molecular complexity index is 2490. The van der Waals surface area contributed by atoms with Gasteiger partial charge in [-0.1, -0.05) is 109 Å². The topological polar surface area (TPSA) is 16.1 Å². The van der Waals surface area contributed by atoms with Crippen molar-refractivity contribution in [2.75, 3.05) is 4.90 Å². The van der Waals surface area contributed by atoms with Gasteiger partial charge < -0.3 is 0 Å². The lowest BCUT2D eigenvalue weighted by Crippen LogP contribution is -2.11. The molecular formula is C41H26N2S. The molecule has 9 rings (SSSR count). The molecule has 2 aromatic heterocycles. The van der Waals surface area contributed by atoms with Crippen LogP contribution in [-0.4, -0.2) is 4.98 Å². The molecule has 0 unspecified atom stereocenters.